The van der Waals surface area contributed by atoms with Gasteiger partial charge in [0.05, 0.1) is 11.9 Å². The molecule has 0 aromatic heterocycles. The lowest BCUT2D eigenvalue weighted by Crippen LogP contribution is -2.52. The average Bonchev–Trinajstić information content (AvgIpc) is 2.90. The molecule has 0 aliphatic rings. The summed E-state index contributed by atoms with van der Waals surface area (Å²) in [6.45, 7) is 3.19. The third kappa shape index (κ3) is 9.07. The number of rotatable bonds is 13. The lowest BCUT2D eigenvalue weighted by atomic mass is 10.0. The van der Waals surface area contributed by atoms with Crippen molar-refractivity contribution in [3.63, 3.8) is 0 Å². The van der Waals surface area contributed by atoms with Gasteiger partial charge in [-0.1, -0.05) is 48.5 Å². The maximum Gasteiger partial charge on any atom is 0.243 e. The minimum atomic E-state index is -3.90. The summed E-state index contributed by atoms with van der Waals surface area (Å²) in [5, 5.41) is 2.84. The van der Waals surface area contributed by atoms with E-state index >= 15 is 0 Å². The van der Waals surface area contributed by atoms with E-state index in [1.807, 2.05) is 30.3 Å². The molecule has 0 fully saturated rings. The first-order valence-corrected chi connectivity index (χ1v) is 15.0. The zero-order valence-corrected chi connectivity index (χ0v) is 24.0. The lowest BCUT2D eigenvalue weighted by Gasteiger charge is -2.32. The third-order valence-corrected chi connectivity index (χ3v) is 7.54. The molecule has 0 aliphatic heterocycles. The zero-order chi connectivity index (χ0) is 30.2. The van der Waals surface area contributed by atoms with Crippen molar-refractivity contribution in [3.8, 4) is 0 Å². The molecule has 220 valence electrons. The van der Waals surface area contributed by atoms with Gasteiger partial charge in [0.25, 0.3) is 0 Å². The molecule has 0 unspecified atom stereocenters. The molecule has 3 aromatic rings. The van der Waals surface area contributed by atoms with Gasteiger partial charge in [-0.15, -0.1) is 0 Å². The first-order chi connectivity index (χ1) is 19.4. The van der Waals surface area contributed by atoms with Gasteiger partial charge in [0, 0.05) is 43.6 Å². The number of nitrogens with zero attached hydrogens (tertiary/aromatic N) is 2. The maximum atomic E-state index is 14.7. The van der Waals surface area contributed by atoms with Crippen LogP contribution in [0.15, 0.2) is 72.8 Å². The van der Waals surface area contributed by atoms with Crippen molar-refractivity contribution in [2.45, 2.75) is 51.7 Å². The maximum absolute atomic E-state index is 14.7. The number of nitrogens with one attached hydrogen (secondary N) is 1. The Hall–Kier alpha value is -3.86. The summed E-state index contributed by atoms with van der Waals surface area (Å²) >= 11 is 0. The average molecular weight is 590 g/mol. The molecule has 0 aliphatic carbocycles. The number of sulfonamides is 1. The number of amides is 2. The standard InChI is InChI=1S/C30H34F3N3O4S/c1-21(2)34-30(38)28(18-22-10-5-4-6-11-22)35(20-23-12-7-8-13-25(23)31)29(37)14-9-17-36(41(3,39)40)24-15-16-26(32)27(33)19-24/h4-8,10-13,15-16,19,21,28H,9,14,17-18,20H2,1-3H3,(H,34,38)/t28-/m1/s1. The Morgan fingerprint density at radius 3 is 2.15 bits per heavy atom. The van der Waals surface area contributed by atoms with Crippen LogP contribution in [0.3, 0.4) is 0 Å². The quantitative estimate of drug-likeness (QED) is 0.310. The molecule has 2 amide bonds. The van der Waals surface area contributed by atoms with Gasteiger partial charge in [0.2, 0.25) is 21.8 Å². The Bertz CT molecular complexity index is 1450. The predicted octanol–water partition coefficient (Wildman–Crippen LogP) is 4.81. The number of carbonyl (C=O) groups is 2. The Morgan fingerprint density at radius 1 is 0.878 bits per heavy atom. The second kappa shape index (κ2) is 14.2. The van der Waals surface area contributed by atoms with Gasteiger partial charge < -0.3 is 10.2 Å². The van der Waals surface area contributed by atoms with Crippen LogP contribution in [0.1, 0.15) is 37.8 Å². The molecule has 0 spiro atoms. The second-order valence-electron chi connectivity index (χ2n) is 10.0. The van der Waals surface area contributed by atoms with Crippen LogP contribution in [0.25, 0.3) is 0 Å². The second-order valence-corrected chi connectivity index (χ2v) is 11.9. The van der Waals surface area contributed by atoms with E-state index in [-0.39, 0.29) is 49.6 Å². The molecule has 0 saturated carbocycles. The van der Waals surface area contributed by atoms with Crippen LogP contribution in [0, 0.1) is 17.5 Å². The van der Waals surface area contributed by atoms with Gasteiger partial charge in [-0.05, 0) is 44.0 Å². The topological polar surface area (TPSA) is 86.8 Å². The molecule has 3 aromatic carbocycles. The summed E-state index contributed by atoms with van der Waals surface area (Å²) in [5.74, 6) is -3.76. The highest BCUT2D eigenvalue weighted by molar-refractivity contribution is 7.92. The number of halogens is 3. The van der Waals surface area contributed by atoms with Crippen LogP contribution in [0.4, 0.5) is 18.9 Å². The summed E-state index contributed by atoms with van der Waals surface area (Å²) in [7, 11) is -3.90. The highest BCUT2D eigenvalue weighted by Gasteiger charge is 2.31. The molecule has 41 heavy (non-hydrogen) atoms. The van der Waals surface area contributed by atoms with Crippen molar-refractivity contribution in [2.24, 2.45) is 0 Å². The van der Waals surface area contributed by atoms with Gasteiger partial charge in [0.1, 0.15) is 11.9 Å². The lowest BCUT2D eigenvalue weighted by molar-refractivity contribution is -0.141. The minimum absolute atomic E-state index is 0.00251. The molecule has 1 atom stereocenters. The molecule has 0 radical (unpaired) electrons. The van der Waals surface area contributed by atoms with E-state index in [0.29, 0.717) is 0 Å². The van der Waals surface area contributed by atoms with E-state index in [2.05, 4.69) is 5.32 Å². The van der Waals surface area contributed by atoms with Crippen LogP contribution in [0.2, 0.25) is 0 Å². The number of anilines is 1. The van der Waals surface area contributed by atoms with Crippen LogP contribution in [-0.2, 0) is 32.6 Å². The number of hydrogen-bond donors (Lipinski definition) is 1. The molecule has 0 heterocycles. The third-order valence-electron chi connectivity index (χ3n) is 6.34. The van der Waals surface area contributed by atoms with E-state index in [0.717, 1.165) is 34.3 Å². The van der Waals surface area contributed by atoms with Gasteiger partial charge in [-0.3, -0.25) is 13.9 Å². The highest BCUT2D eigenvalue weighted by Crippen LogP contribution is 2.22. The molecule has 0 bridgehead atoms. The predicted molar refractivity (Wildman–Crippen MR) is 152 cm³/mol. The van der Waals surface area contributed by atoms with E-state index in [9.17, 15) is 31.2 Å². The van der Waals surface area contributed by atoms with Gasteiger partial charge in [0.15, 0.2) is 11.6 Å². The smallest absolute Gasteiger partial charge is 0.243 e. The molecule has 7 nitrogen and oxygen atoms in total. The fraction of sp³-hybridized carbons (Fsp3) is 0.333. The summed E-state index contributed by atoms with van der Waals surface area (Å²) in [4.78, 5) is 28.4. The van der Waals surface area contributed by atoms with Crippen molar-refractivity contribution in [2.75, 3.05) is 17.1 Å². The Balaban J connectivity index is 1.89. The number of carbonyl (C=O) groups excluding carboxylic acids is 2. The number of hydrogen-bond acceptors (Lipinski definition) is 4. The van der Waals surface area contributed by atoms with Gasteiger partial charge in [-0.25, -0.2) is 21.6 Å². The molecule has 1 N–H and O–H groups in total. The van der Waals surface area contributed by atoms with Crippen LogP contribution >= 0.6 is 0 Å². The Kier molecular flexibility index (Phi) is 10.9. The highest BCUT2D eigenvalue weighted by atomic mass is 32.2. The summed E-state index contributed by atoms with van der Waals surface area (Å²) in [6.07, 6.45) is 0.906. The van der Waals surface area contributed by atoms with E-state index in [1.54, 1.807) is 19.9 Å². The van der Waals surface area contributed by atoms with Crippen molar-refractivity contribution < 1.29 is 31.2 Å². The Labute approximate surface area is 239 Å². The summed E-state index contributed by atoms with van der Waals surface area (Å²) in [6, 6.07) is 16.6. The van der Waals surface area contributed by atoms with Crippen molar-refractivity contribution in [1.82, 2.24) is 10.2 Å². The van der Waals surface area contributed by atoms with Gasteiger partial charge >= 0.3 is 0 Å². The number of benzene rings is 3. The van der Waals surface area contributed by atoms with Crippen LogP contribution < -0.4 is 9.62 Å². The van der Waals surface area contributed by atoms with Crippen LogP contribution in [-0.4, -0.2) is 50.0 Å². The summed E-state index contributed by atoms with van der Waals surface area (Å²) < 4.78 is 67.7. The largest absolute Gasteiger partial charge is 0.352 e. The van der Waals surface area contributed by atoms with E-state index in [4.69, 9.17) is 0 Å². The van der Waals surface area contributed by atoms with E-state index in [1.165, 1.54) is 23.1 Å². The molecule has 11 heteroatoms. The monoisotopic (exact) mass is 589 g/mol. The van der Waals surface area contributed by atoms with Crippen molar-refractivity contribution >= 4 is 27.5 Å². The molecule has 0 saturated heterocycles. The van der Waals surface area contributed by atoms with E-state index < -0.39 is 45.3 Å². The molecular formula is C30H34F3N3O4S. The first-order valence-electron chi connectivity index (χ1n) is 13.2. The fourth-order valence-corrected chi connectivity index (χ4v) is 5.35. The minimum Gasteiger partial charge on any atom is -0.352 e. The first kappa shape index (κ1) is 31.7. The SMILES string of the molecule is CC(C)NC(=O)[C@@H](Cc1ccccc1)N(Cc1ccccc1F)C(=O)CCCN(c1ccc(F)c(F)c1)S(C)(=O)=O. The van der Waals surface area contributed by atoms with Crippen molar-refractivity contribution in [1.29, 1.82) is 0 Å². The summed E-state index contributed by atoms with van der Waals surface area (Å²) in [5.41, 5.74) is 0.931. The molecular weight excluding hydrogens is 555 g/mol. The normalized spacial score (nSPS) is 12.2. The van der Waals surface area contributed by atoms with Gasteiger partial charge in [-0.2, -0.15) is 0 Å². The van der Waals surface area contributed by atoms with Crippen molar-refractivity contribution in [3.05, 3.63) is 101 Å². The zero-order valence-electron chi connectivity index (χ0n) is 23.2. The fourth-order valence-electron chi connectivity index (χ4n) is 4.39. The molecule has 3 rings (SSSR count). The van der Waals surface area contributed by atoms with Crippen LogP contribution in [0.5, 0.6) is 0 Å². The Morgan fingerprint density at radius 2 is 1.54 bits per heavy atom.